The Bertz CT molecular complexity index is 1690. The number of carbonyl (C=O) groups excluding carboxylic acids is 4. The lowest BCUT2D eigenvalue weighted by atomic mass is 9.88. The van der Waals surface area contributed by atoms with Crippen LogP contribution < -0.4 is 26.4 Å². The van der Waals surface area contributed by atoms with Crippen LogP contribution in [0.15, 0.2) is 48.5 Å². The third-order valence-electron chi connectivity index (χ3n) is 8.03. The summed E-state index contributed by atoms with van der Waals surface area (Å²) in [5.41, 5.74) is 6.09. The van der Waals surface area contributed by atoms with Crippen molar-refractivity contribution in [3.63, 3.8) is 0 Å². The zero-order valence-corrected chi connectivity index (χ0v) is 26.4. The van der Waals surface area contributed by atoms with Gasteiger partial charge in [0.25, 0.3) is 5.91 Å². The molecule has 17 heteroatoms. The SMILES string of the molecule is CC(=O)C(NC(=O)c1ccc(Nc2nc(NC3(c4ccc(Cl)cc4)CC3)nc(OCC(F)(F)F)n2)cc1)C1CCCN(C(=O)C(N)=O)C1. The first-order valence-electron chi connectivity index (χ1n) is 15.0. The van der Waals surface area contributed by atoms with E-state index >= 15 is 0 Å². The van der Waals surface area contributed by atoms with E-state index in [1.165, 1.54) is 36.1 Å². The van der Waals surface area contributed by atoms with Crippen molar-refractivity contribution in [3.05, 3.63) is 64.7 Å². The van der Waals surface area contributed by atoms with E-state index in [1.54, 1.807) is 12.1 Å². The topological polar surface area (TPSA) is 182 Å². The van der Waals surface area contributed by atoms with Crippen LogP contribution in [-0.4, -0.2) is 75.3 Å². The number of aromatic nitrogens is 3. The average Bonchev–Trinajstić information content (AvgIpc) is 3.82. The van der Waals surface area contributed by atoms with Gasteiger partial charge >= 0.3 is 24.0 Å². The highest BCUT2D eigenvalue weighted by atomic mass is 35.5. The number of halogens is 4. The molecular weight excluding hydrogens is 657 g/mol. The molecule has 3 aromatic rings. The first-order valence-corrected chi connectivity index (χ1v) is 15.4. The molecule has 2 fully saturated rings. The zero-order chi connectivity index (χ0) is 34.6. The molecule has 1 aromatic heterocycles. The fourth-order valence-electron chi connectivity index (χ4n) is 5.51. The normalized spacial score (nSPS) is 17.5. The fourth-order valence-corrected chi connectivity index (χ4v) is 5.63. The molecule has 2 unspecified atom stereocenters. The molecule has 13 nitrogen and oxygen atoms in total. The Hall–Kier alpha value is -4.99. The first-order chi connectivity index (χ1) is 22.7. The number of benzene rings is 2. The van der Waals surface area contributed by atoms with Gasteiger partial charge in [0.15, 0.2) is 12.4 Å². The number of piperidine rings is 1. The quantitative estimate of drug-likeness (QED) is 0.217. The number of ether oxygens (including phenoxy) is 1. The number of primary amides is 1. The highest BCUT2D eigenvalue weighted by Crippen LogP contribution is 2.48. The van der Waals surface area contributed by atoms with Gasteiger partial charge in [0, 0.05) is 35.3 Å². The van der Waals surface area contributed by atoms with Gasteiger partial charge in [-0.15, -0.1) is 0 Å². The van der Waals surface area contributed by atoms with E-state index in [0.29, 0.717) is 30.1 Å². The number of ketones is 1. The predicted molar refractivity (Wildman–Crippen MR) is 168 cm³/mol. The molecule has 0 spiro atoms. The summed E-state index contributed by atoms with van der Waals surface area (Å²) in [5.74, 6) is -3.34. The Morgan fingerprint density at radius 1 is 1.04 bits per heavy atom. The number of Topliss-reactive ketones (excluding diaryl/α,β-unsaturated/α-hetero) is 1. The van der Waals surface area contributed by atoms with E-state index in [4.69, 9.17) is 22.1 Å². The van der Waals surface area contributed by atoms with E-state index < -0.39 is 54.0 Å². The summed E-state index contributed by atoms with van der Waals surface area (Å²) in [6.07, 6.45) is -2.10. The van der Waals surface area contributed by atoms with Gasteiger partial charge in [0.1, 0.15) is 0 Å². The number of nitrogens with one attached hydrogen (secondary N) is 3. The highest BCUT2D eigenvalue weighted by molar-refractivity contribution is 6.34. The van der Waals surface area contributed by atoms with Gasteiger partial charge in [-0.2, -0.15) is 28.1 Å². The van der Waals surface area contributed by atoms with Crippen molar-refractivity contribution in [2.45, 2.75) is 50.4 Å². The van der Waals surface area contributed by atoms with Gasteiger partial charge in [-0.1, -0.05) is 23.7 Å². The molecule has 2 atom stereocenters. The van der Waals surface area contributed by atoms with Crippen molar-refractivity contribution in [1.82, 2.24) is 25.2 Å². The predicted octanol–water partition coefficient (Wildman–Crippen LogP) is 3.72. The molecule has 3 amide bonds. The second kappa shape index (κ2) is 14.0. The van der Waals surface area contributed by atoms with Gasteiger partial charge in [0.05, 0.1) is 11.6 Å². The second-order valence-electron chi connectivity index (χ2n) is 11.7. The van der Waals surface area contributed by atoms with E-state index in [1.807, 2.05) is 12.1 Å². The Morgan fingerprint density at radius 3 is 2.31 bits per heavy atom. The van der Waals surface area contributed by atoms with E-state index in [-0.39, 0.29) is 29.8 Å². The molecule has 48 heavy (non-hydrogen) atoms. The molecule has 2 aromatic carbocycles. The summed E-state index contributed by atoms with van der Waals surface area (Å²) in [5, 5.41) is 9.37. The summed E-state index contributed by atoms with van der Waals surface area (Å²) in [6.45, 7) is 0.137. The molecule has 0 radical (unpaired) electrons. The van der Waals surface area contributed by atoms with E-state index in [0.717, 1.165) is 18.4 Å². The molecular formula is C31H32ClF3N8O5. The van der Waals surface area contributed by atoms with Gasteiger partial charge in [-0.25, -0.2) is 0 Å². The molecule has 254 valence electrons. The molecule has 1 aliphatic heterocycles. The molecule has 5 N–H and O–H groups in total. The minimum atomic E-state index is -4.62. The van der Waals surface area contributed by atoms with Crippen molar-refractivity contribution in [2.75, 3.05) is 30.3 Å². The Kier molecular flexibility index (Phi) is 10.0. The van der Waals surface area contributed by atoms with Crippen LogP contribution in [0.1, 0.15) is 48.5 Å². The lowest BCUT2D eigenvalue weighted by molar-refractivity contribution is -0.154. The number of likely N-dealkylation sites (tertiary alicyclic amines) is 1. The largest absolute Gasteiger partial charge is 0.454 e. The van der Waals surface area contributed by atoms with Crippen LogP contribution in [0.4, 0.5) is 30.8 Å². The Labute approximate surface area is 277 Å². The van der Waals surface area contributed by atoms with Crippen molar-refractivity contribution in [2.24, 2.45) is 11.7 Å². The number of alkyl halides is 3. The molecule has 2 heterocycles. The molecule has 1 saturated heterocycles. The second-order valence-corrected chi connectivity index (χ2v) is 12.1. The van der Waals surface area contributed by atoms with Crippen molar-refractivity contribution < 1.29 is 37.1 Å². The molecule has 5 rings (SSSR count). The van der Waals surface area contributed by atoms with Gasteiger partial charge < -0.3 is 31.3 Å². The maximum atomic E-state index is 13.1. The maximum absolute atomic E-state index is 13.1. The third-order valence-corrected chi connectivity index (χ3v) is 8.28. The zero-order valence-electron chi connectivity index (χ0n) is 25.6. The number of hydrogen-bond donors (Lipinski definition) is 4. The van der Waals surface area contributed by atoms with Crippen molar-refractivity contribution in [1.29, 1.82) is 0 Å². The van der Waals surface area contributed by atoms with Crippen molar-refractivity contribution >= 4 is 52.7 Å². The summed E-state index contributed by atoms with van der Waals surface area (Å²) in [4.78, 5) is 62.7. The van der Waals surface area contributed by atoms with Gasteiger partial charge in [0.2, 0.25) is 11.9 Å². The molecule has 1 saturated carbocycles. The average molecular weight is 689 g/mol. The van der Waals surface area contributed by atoms with Crippen LogP contribution >= 0.6 is 11.6 Å². The first kappa shape index (κ1) is 34.3. The number of amides is 3. The smallest absolute Gasteiger partial charge is 0.422 e. The number of nitrogens with two attached hydrogens (primary N) is 1. The number of anilines is 3. The number of nitrogens with zero attached hydrogens (tertiary/aromatic N) is 4. The number of hydrogen-bond acceptors (Lipinski definition) is 10. The maximum Gasteiger partial charge on any atom is 0.422 e. The molecule has 1 aliphatic carbocycles. The minimum absolute atomic E-state index is 0.0118. The van der Waals surface area contributed by atoms with Crippen LogP contribution in [0.2, 0.25) is 5.02 Å². The molecule has 2 aliphatic rings. The third kappa shape index (κ3) is 8.67. The van der Waals surface area contributed by atoms with Crippen LogP contribution in [-0.2, 0) is 19.9 Å². The van der Waals surface area contributed by atoms with Crippen molar-refractivity contribution in [3.8, 4) is 6.01 Å². The van der Waals surface area contributed by atoms with E-state index in [2.05, 4.69) is 30.9 Å². The number of rotatable bonds is 11. The summed E-state index contributed by atoms with van der Waals surface area (Å²) < 4.78 is 43.6. The highest BCUT2D eigenvalue weighted by Gasteiger charge is 2.45. The minimum Gasteiger partial charge on any atom is -0.454 e. The summed E-state index contributed by atoms with van der Waals surface area (Å²) in [7, 11) is 0. The Morgan fingerprint density at radius 2 is 1.71 bits per heavy atom. The van der Waals surface area contributed by atoms with Crippen LogP contribution in [0.3, 0.4) is 0 Å². The van der Waals surface area contributed by atoms with Crippen LogP contribution in [0, 0.1) is 5.92 Å². The van der Waals surface area contributed by atoms with Crippen LogP contribution in [0.25, 0.3) is 0 Å². The monoisotopic (exact) mass is 688 g/mol. The van der Waals surface area contributed by atoms with Gasteiger partial charge in [-0.05, 0) is 74.6 Å². The lowest BCUT2D eigenvalue weighted by Crippen LogP contribution is -2.53. The summed E-state index contributed by atoms with van der Waals surface area (Å²) in [6, 6.07) is 11.7. The fraction of sp³-hybridized carbons (Fsp3) is 0.387. The van der Waals surface area contributed by atoms with Crippen LogP contribution in [0.5, 0.6) is 6.01 Å². The number of carbonyl (C=O) groups is 4. The standard InChI is InChI=1S/C31H32ClF3N8O5/c1-17(44)23(19-3-2-14-43(15-19)26(47)24(36)45)38-25(46)18-4-10-22(11-5-18)37-27-39-28(41-29(40-27)48-16-31(33,34)35)42-30(12-13-30)20-6-8-21(32)9-7-20/h4-11,19,23H,2-3,12-16H2,1H3,(H2,36,45)(H,38,46)(H2,37,39,40,41,42). The van der Waals surface area contributed by atoms with E-state index in [9.17, 15) is 32.3 Å². The molecule has 0 bridgehead atoms. The van der Waals surface area contributed by atoms with Gasteiger partial charge in [-0.3, -0.25) is 19.2 Å². The lowest BCUT2D eigenvalue weighted by Gasteiger charge is -2.35. The summed E-state index contributed by atoms with van der Waals surface area (Å²) >= 11 is 6.02. The Balaban J connectivity index is 1.29.